The second-order valence-corrected chi connectivity index (χ2v) is 8.29. The third-order valence-electron chi connectivity index (χ3n) is 6.34. The lowest BCUT2D eigenvalue weighted by Crippen LogP contribution is -2.46. The highest BCUT2D eigenvalue weighted by atomic mass is 16.3. The number of benzene rings is 1. The van der Waals surface area contributed by atoms with Gasteiger partial charge >= 0.3 is 0 Å². The first-order chi connectivity index (χ1) is 14.1. The van der Waals surface area contributed by atoms with Crippen LogP contribution in [-0.4, -0.2) is 58.7 Å². The van der Waals surface area contributed by atoms with Crippen molar-refractivity contribution < 1.29 is 5.11 Å². The summed E-state index contributed by atoms with van der Waals surface area (Å²) in [7, 11) is 1.98. The molecule has 156 valence electrons. The number of hydrogen-bond donors (Lipinski definition) is 1. The number of piperazine rings is 1. The molecule has 6 nitrogen and oxygen atoms in total. The maximum atomic E-state index is 12.4. The van der Waals surface area contributed by atoms with E-state index in [2.05, 4.69) is 39.0 Å². The number of hydrogen-bond acceptors (Lipinski definition) is 5. The van der Waals surface area contributed by atoms with Crippen LogP contribution in [0.2, 0.25) is 0 Å². The van der Waals surface area contributed by atoms with Crippen molar-refractivity contribution in [1.82, 2.24) is 14.4 Å². The van der Waals surface area contributed by atoms with Crippen molar-refractivity contribution in [2.24, 2.45) is 7.05 Å². The normalized spacial score (nSPS) is 18.9. The van der Waals surface area contributed by atoms with Gasteiger partial charge in [0.2, 0.25) is 5.43 Å². The molecule has 2 aliphatic heterocycles. The standard InChI is InChI=1S/C23H32N4O2/c1-24-20(17-25-10-6-3-7-11-25)16-22(28)23(29)21(24)18-26-12-14-27(15-13-26)19-8-4-2-5-9-19/h2,4-5,8-9,16,29H,3,6-7,10-15,17-18H2,1H3. The molecule has 0 radical (unpaired) electrons. The smallest absolute Gasteiger partial charge is 0.223 e. The van der Waals surface area contributed by atoms with E-state index in [1.807, 2.05) is 17.7 Å². The molecule has 0 saturated carbocycles. The Morgan fingerprint density at radius 3 is 2.21 bits per heavy atom. The molecule has 29 heavy (non-hydrogen) atoms. The van der Waals surface area contributed by atoms with Gasteiger partial charge in [-0.15, -0.1) is 0 Å². The average Bonchev–Trinajstić information content (AvgIpc) is 2.77. The van der Waals surface area contributed by atoms with Crippen molar-refractivity contribution in [3.8, 4) is 5.75 Å². The second kappa shape index (κ2) is 9.01. The summed E-state index contributed by atoms with van der Waals surface area (Å²) >= 11 is 0. The van der Waals surface area contributed by atoms with Gasteiger partial charge in [-0.05, 0) is 38.1 Å². The fourth-order valence-corrected chi connectivity index (χ4v) is 4.48. The minimum Gasteiger partial charge on any atom is -0.503 e. The van der Waals surface area contributed by atoms with E-state index >= 15 is 0 Å². The van der Waals surface area contributed by atoms with Gasteiger partial charge in [-0.25, -0.2) is 0 Å². The summed E-state index contributed by atoms with van der Waals surface area (Å²) in [5.74, 6) is -0.0969. The monoisotopic (exact) mass is 396 g/mol. The molecular weight excluding hydrogens is 364 g/mol. The lowest BCUT2D eigenvalue weighted by molar-refractivity contribution is 0.212. The van der Waals surface area contributed by atoms with Crippen molar-refractivity contribution in [2.75, 3.05) is 44.2 Å². The molecule has 0 bridgehead atoms. The van der Waals surface area contributed by atoms with Crippen molar-refractivity contribution in [1.29, 1.82) is 0 Å². The second-order valence-electron chi connectivity index (χ2n) is 8.29. The molecule has 4 rings (SSSR count). The quantitative estimate of drug-likeness (QED) is 0.841. The zero-order valence-electron chi connectivity index (χ0n) is 17.4. The molecular formula is C23H32N4O2. The molecule has 1 N–H and O–H groups in total. The summed E-state index contributed by atoms with van der Waals surface area (Å²) < 4.78 is 2.04. The fourth-order valence-electron chi connectivity index (χ4n) is 4.48. The molecule has 2 saturated heterocycles. The Morgan fingerprint density at radius 1 is 0.862 bits per heavy atom. The van der Waals surface area contributed by atoms with Crippen LogP contribution in [0.4, 0.5) is 5.69 Å². The van der Waals surface area contributed by atoms with Crippen molar-refractivity contribution in [3.63, 3.8) is 0 Å². The Bertz CT molecular complexity index is 866. The van der Waals surface area contributed by atoms with Crippen LogP contribution < -0.4 is 10.3 Å². The van der Waals surface area contributed by atoms with Crippen molar-refractivity contribution >= 4 is 5.69 Å². The molecule has 6 heteroatoms. The van der Waals surface area contributed by atoms with Gasteiger partial charge in [0.25, 0.3) is 0 Å². The minimum absolute atomic E-state index is 0.0969. The number of piperidine rings is 1. The molecule has 0 spiro atoms. The van der Waals surface area contributed by atoms with Crippen molar-refractivity contribution in [2.45, 2.75) is 32.4 Å². The zero-order valence-corrected chi connectivity index (χ0v) is 17.4. The van der Waals surface area contributed by atoms with Gasteiger partial charge in [0.05, 0.1) is 5.69 Å². The zero-order chi connectivity index (χ0) is 20.2. The van der Waals surface area contributed by atoms with Gasteiger partial charge in [-0.1, -0.05) is 24.6 Å². The number of aromatic hydroxyl groups is 1. The van der Waals surface area contributed by atoms with Gasteiger partial charge in [0.1, 0.15) is 0 Å². The number of para-hydroxylation sites is 1. The Morgan fingerprint density at radius 2 is 1.52 bits per heavy atom. The van der Waals surface area contributed by atoms with E-state index in [-0.39, 0.29) is 11.2 Å². The predicted octanol–water partition coefficient (Wildman–Crippen LogP) is 2.40. The maximum absolute atomic E-state index is 12.4. The van der Waals surface area contributed by atoms with Crippen LogP contribution in [0.1, 0.15) is 30.7 Å². The molecule has 3 heterocycles. The molecule has 2 fully saturated rings. The van der Waals surface area contributed by atoms with Gasteiger partial charge in [-0.2, -0.15) is 0 Å². The van der Waals surface area contributed by atoms with Gasteiger partial charge < -0.3 is 14.6 Å². The van der Waals surface area contributed by atoms with E-state index in [1.54, 1.807) is 6.07 Å². The van der Waals surface area contributed by atoms with E-state index in [9.17, 15) is 9.90 Å². The first kappa shape index (κ1) is 20.0. The highest BCUT2D eigenvalue weighted by Crippen LogP contribution is 2.21. The lowest BCUT2D eigenvalue weighted by atomic mass is 10.1. The molecule has 2 aliphatic rings. The highest BCUT2D eigenvalue weighted by Gasteiger charge is 2.22. The van der Waals surface area contributed by atoms with Gasteiger partial charge in [-0.3, -0.25) is 14.6 Å². The van der Waals surface area contributed by atoms with E-state index in [4.69, 9.17) is 0 Å². The third-order valence-corrected chi connectivity index (χ3v) is 6.34. The maximum Gasteiger partial charge on any atom is 0.223 e. The van der Waals surface area contributed by atoms with E-state index in [0.29, 0.717) is 6.54 Å². The summed E-state index contributed by atoms with van der Waals surface area (Å²) in [6.07, 6.45) is 3.75. The first-order valence-corrected chi connectivity index (χ1v) is 10.8. The van der Waals surface area contributed by atoms with Crippen molar-refractivity contribution in [3.05, 3.63) is 58.0 Å². The van der Waals surface area contributed by atoms with E-state index in [1.165, 1.54) is 24.9 Å². The first-order valence-electron chi connectivity index (χ1n) is 10.8. The lowest BCUT2D eigenvalue weighted by Gasteiger charge is -2.36. The third kappa shape index (κ3) is 4.65. The van der Waals surface area contributed by atoms with Gasteiger partial charge in [0.15, 0.2) is 5.75 Å². The molecule has 0 atom stereocenters. The number of likely N-dealkylation sites (tertiary alicyclic amines) is 1. The Kier molecular flexibility index (Phi) is 6.21. The number of pyridine rings is 1. The number of anilines is 1. The van der Waals surface area contributed by atoms with E-state index < -0.39 is 0 Å². The van der Waals surface area contributed by atoms with Gasteiger partial charge in [0, 0.05) is 63.8 Å². The molecule has 2 aromatic rings. The van der Waals surface area contributed by atoms with Crippen LogP contribution >= 0.6 is 0 Å². The largest absolute Gasteiger partial charge is 0.503 e. The summed E-state index contributed by atoms with van der Waals surface area (Å²) in [4.78, 5) is 19.6. The SMILES string of the molecule is Cn1c(CN2CCCCC2)cc(=O)c(O)c1CN1CCN(c2ccccc2)CC1. The molecule has 0 unspecified atom stereocenters. The van der Waals surface area contributed by atoms with Crippen LogP contribution in [0.25, 0.3) is 0 Å². The van der Waals surface area contributed by atoms with Crippen LogP contribution in [-0.2, 0) is 20.1 Å². The number of aromatic nitrogens is 1. The van der Waals surface area contributed by atoms with Crippen LogP contribution in [0.15, 0.2) is 41.2 Å². The van der Waals surface area contributed by atoms with Crippen LogP contribution in [0, 0.1) is 0 Å². The summed E-state index contributed by atoms with van der Waals surface area (Å²) in [6, 6.07) is 12.1. The average molecular weight is 397 g/mol. The molecule has 0 amide bonds. The highest BCUT2D eigenvalue weighted by molar-refractivity contribution is 5.46. The summed E-state index contributed by atoms with van der Waals surface area (Å²) in [6.45, 7) is 7.29. The Hall–Kier alpha value is -2.31. The number of nitrogens with zero attached hydrogens (tertiary/aromatic N) is 4. The number of rotatable bonds is 5. The Balaban J connectivity index is 1.45. The van der Waals surface area contributed by atoms with Crippen LogP contribution in [0.5, 0.6) is 5.75 Å². The molecule has 1 aromatic heterocycles. The van der Waals surface area contributed by atoms with Crippen LogP contribution in [0.3, 0.4) is 0 Å². The minimum atomic E-state index is -0.256. The fraction of sp³-hybridized carbons (Fsp3) is 0.522. The molecule has 0 aliphatic carbocycles. The topological polar surface area (TPSA) is 52.0 Å². The summed E-state index contributed by atoms with van der Waals surface area (Å²) in [5.41, 5.74) is 2.73. The molecule has 1 aromatic carbocycles. The Labute approximate surface area is 173 Å². The predicted molar refractivity (Wildman–Crippen MR) is 116 cm³/mol. The summed E-state index contributed by atoms with van der Waals surface area (Å²) in [5, 5.41) is 10.5. The van der Waals surface area contributed by atoms with E-state index in [0.717, 1.165) is 57.2 Å².